The van der Waals surface area contributed by atoms with Gasteiger partial charge in [-0.2, -0.15) is 10.2 Å². The van der Waals surface area contributed by atoms with Crippen molar-refractivity contribution < 1.29 is 4.39 Å². The van der Waals surface area contributed by atoms with Crippen molar-refractivity contribution in [2.45, 2.75) is 0 Å². The number of aromatic nitrogens is 2. The monoisotopic (exact) mass is 263 g/mol. The molecule has 0 bridgehead atoms. The molecule has 0 spiro atoms. The maximum atomic E-state index is 13.9. The molecule has 4 N–H and O–H groups in total. The van der Waals surface area contributed by atoms with E-state index in [0.717, 1.165) is 0 Å². The van der Waals surface area contributed by atoms with Crippen LogP contribution in [0.5, 0.6) is 0 Å². The summed E-state index contributed by atoms with van der Waals surface area (Å²) in [6, 6.07) is 6.18. The molecule has 2 aromatic rings. The number of halogens is 2. The fourth-order valence-electron chi connectivity index (χ4n) is 1.49. The van der Waals surface area contributed by atoms with E-state index < -0.39 is 5.82 Å². The smallest absolute Gasteiger partial charge is 0.222 e. The van der Waals surface area contributed by atoms with Crippen LogP contribution < -0.4 is 11.5 Å². The number of hydrogen-bond donors (Lipinski definition) is 2. The first-order valence-electron chi connectivity index (χ1n) is 4.82. The summed E-state index contributed by atoms with van der Waals surface area (Å²) in [5.74, 6) is -0.923. The third-order valence-electron chi connectivity index (χ3n) is 2.27. The van der Waals surface area contributed by atoms with E-state index in [4.69, 9.17) is 28.3 Å². The molecule has 1 aromatic carbocycles. The van der Waals surface area contributed by atoms with E-state index >= 15 is 0 Å². The van der Waals surface area contributed by atoms with Crippen LogP contribution in [-0.4, -0.2) is 9.97 Å². The molecular formula is C11H7ClFN5. The average molecular weight is 264 g/mol. The van der Waals surface area contributed by atoms with Crippen molar-refractivity contribution in [2.24, 2.45) is 0 Å². The van der Waals surface area contributed by atoms with Crippen molar-refractivity contribution >= 4 is 23.4 Å². The second-order valence-electron chi connectivity index (χ2n) is 3.40. The molecule has 0 aliphatic heterocycles. The van der Waals surface area contributed by atoms with Gasteiger partial charge < -0.3 is 11.5 Å². The highest BCUT2D eigenvalue weighted by molar-refractivity contribution is 6.31. The van der Waals surface area contributed by atoms with Crippen LogP contribution in [0.15, 0.2) is 18.2 Å². The highest BCUT2D eigenvalue weighted by atomic mass is 35.5. The Morgan fingerprint density at radius 2 is 2.00 bits per heavy atom. The Morgan fingerprint density at radius 3 is 2.67 bits per heavy atom. The summed E-state index contributed by atoms with van der Waals surface area (Å²) in [7, 11) is 0. The number of nitrogens with two attached hydrogens (primary N) is 2. The van der Waals surface area contributed by atoms with Crippen LogP contribution in [-0.2, 0) is 0 Å². The Balaban J connectivity index is 2.79. The van der Waals surface area contributed by atoms with Crippen molar-refractivity contribution in [3.8, 4) is 17.3 Å². The Morgan fingerprint density at radius 1 is 1.28 bits per heavy atom. The number of nitrogen functional groups attached to an aromatic ring is 2. The third-order valence-corrected chi connectivity index (χ3v) is 2.56. The quantitative estimate of drug-likeness (QED) is 0.819. The molecule has 5 nitrogen and oxygen atoms in total. The molecule has 1 aromatic heterocycles. The summed E-state index contributed by atoms with van der Waals surface area (Å²) in [5, 5.41) is 8.93. The van der Waals surface area contributed by atoms with Gasteiger partial charge in [-0.15, -0.1) is 0 Å². The predicted molar refractivity (Wildman–Crippen MR) is 66.0 cm³/mol. The molecule has 2 rings (SSSR count). The first-order valence-corrected chi connectivity index (χ1v) is 5.20. The van der Waals surface area contributed by atoms with Crippen LogP contribution >= 0.6 is 11.6 Å². The van der Waals surface area contributed by atoms with Crippen molar-refractivity contribution in [2.75, 3.05) is 11.5 Å². The average Bonchev–Trinajstić information content (AvgIpc) is 2.32. The number of rotatable bonds is 1. The lowest BCUT2D eigenvalue weighted by atomic mass is 10.1. The summed E-state index contributed by atoms with van der Waals surface area (Å²) < 4.78 is 13.9. The number of nitrogens with zero attached hydrogens (tertiary/aromatic N) is 3. The minimum absolute atomic E-state index is 0.0301. The highest BCUT2D eigenvalue weighted by Crippen LogP contribution is 2.30. The Labute approximate surface area is 107 Å². The normalized spacial score (nSPS) is 10.1. The highest BCUT2D eigenvalue weighted by Gasteiger charge is 2.17. The van der Waals surface area contributed by atoms with E-state index in [0.29, 0.717) is 0 Å². The van der Waals surface area contributed by atoms with Crippen LogP contribution in [0.1, 0.15) is 5.56 Å². The van der Waals surface area contributed by atoms with Gasteiger partial charge in [-0.05, 0) is 12.1 Å². The van der Waals surface area contributed by atoms with E-state index in [1.807, 2.05) is 6.07 Å². The van der Waals surface area contributed by atoms with E-state index in [-0.39, 0.29) is 33.6 Å². The van der Waals surface area contributed by atoms with Crippen molar-refractivity contribution in [3.63, 3.8) is 0 Å². The van der Waals surface area contributed by atoms with Crippen molar-refractivity contribution in [1.29, 1.82) is 5.26 Å². The maximum Gasteiger partial charge on any atom is 0.222 e. The second-order valence-corrected chi connectivity index (χ2v) is 3.81. The van der Waals surface area contributed by atoms with Crippen LogP contribution in [0.3, 0.4) is 0 Å². The molecule has 18 heavy (non-hydrogen) atoms. The molecule has 7 heteroatoms. The molecule has 0 aliphatic rings. The van der Waals surface area contributed by atoms with Crippen molar-refractivity contribution in [3.05, 3.63) is 34.6 Å². The largest absolute Gasteiger partial charge is 0.382 e. The predicted octanol–water partition coefficient (Wildman–Crippen LogP) is 1.97. The van der Waals surface area contributed by atoms with Crippen LogP contribution in [0.4, 0.5) is 16.2 Å². The number of hydrogen-bond acceptors (Lipinski definition) is 5. The lowest BCUT2D eigenvalue weighted by Gasteiger charge is -2.08. The van der Waals surface area contributed by atoms with Gasteiger partial charge in [0.2, 0.25) is 5.95 Å². The zero-order valence-corrected chi connectivity index (χ0v) is 9.74. The molecule has 1 heterocycles. The molecular weight excluding hydrogens is 257 g/mol. The van der Waals surface area contributed by atoms with Gasteiger partial charge in [-0.1, -0.05) is 17.7 Å². The van der Waals surface area contributed by atoms with Crippen LogP contribution in [0, 0.1) is 17.1 Å². The van der Waals surface area contributed by atoms with Gasteiger partial charge in [0.25, 0.3) is 0 Å². The van der Waals surface area contributed by atoms with Crippen LogP contribution in [0.25, 0.3) is 11.3 Å². The molecule has 0 radical (unpaired) electrons. The topological polar surface area (TPSA) is 102 Å². The fourth-order valence-corrected chi connectivity index (χ4v) is 1.66. The van der Waals surface area contributed by atoms with E-state index in [1.165, 1.54) is 18.2 Å². The minimum atomic E-state index is -0.687. The molecule has 0 saturated carbocycles. The fraction of sp³-hybridized carbons (Fsp3) is 0. The van der Waals surface area contributed by atoms with Gasteiger partial charge in [-0.3, -0.25) is 0 Å². The van der Waals surface area contributed by atoms with Gasteiger partial charge in [0.1, 0.15) is 17.5 Å². The summed E-state index contributed by atoms with van der Waals surface area (Å²) in [6.07, 6.45) is 0. The number of benzene rings is 1. The lowest BCUT2D eigenvalue weighted by Crippen LogP contribution is -2.05. The van der Waals surface area contributed by atoms with Crippen LogP contribution in [0.2, 0.25) is 5.02 Å². The zero-order valence-electron chi connectivity index (χ0n) is 8.98. The lowest BCUT2D eigenvalue weighted by molar-refractivity contribution is 0.631. The minimum Gasteiger partial charge on any atom is -0.382 e. The van der Waals surface area contributed by atoms with Gasteiger partial charge in [0, 0.05) is 5.56 Å². The third kappa shape index (κ3) is 1.92. The zero-order chi connectivity index (χ0) is 13.3. The molecule has 0 unspecified atom stereocenters. The maximum absolute atomic E-state index is 13.9. The standard InChI is InChI=1S/C11H7ClFN5/c12-7-3-1-2-5(8(7)13)9-6(4-14)10(15)18-11(16)17-9/h1-3H,(H4,15,16,17,18). The summed E-state index contributed by atoms with van der Waals surface area (Å²) >= 11 is 5.68. The number of nitriles is 1. The molecule has 90 valence electrons. The molecule has 0 saturated heterocycles. The molecule has 0 amide bonds. The molecule has 0 aliphatic carbocycles. The first-order chi connectivity index (χ1) is 8.54. The van der Waals surface area contributed by atoms with Gasteiger partial charge >= 0.3 is 0 Å². The molecule has 0 fully saturated rings. The Kier molecular flexibility index (Phi) is 3.00. The SMILES string of the molecule is N#Cc1c(N)nc(N)nc1-c1cccc(Cl)c1F. The number of anilines is 2. The second kappa shape index (κ2) is 4.47. The van der Waals surface area contributed by atoms with Crippen molar-refractivity contribution in [1.82, 2.24) is 9.97 Å². The summed E-state index contributed by atoms with van der Waals surface area (Å²) in [5.41, 5.74) is 11.0. The van der Waals surface area contributed by atoms with E-state index in [9.17, 15) is 4.39 Å². The van der Waals surface area contributed by atoms with E-state index in [2.05, 4.69) is 9.97 Å². The summed E-state index contributed by atoms with van der Waals surface area (Å²) in [6.45, 7) is 0. The van der Waals surface area contributed by atoms with Gasteiger partial charge in [-0.25, -0.2) is 9.37 Å². The van der Waals surface area contributed by atoms with Gasteiger partial charge in [0.05, 0.1) is 10.7 Å². The van der Waals surface area contributed by atoms with E-state index in [1.54, 1.807) is 0 Å². The first kappa shape index (κ1) is 12.1. The summed E-state index contributed by atoms with van der Waals surface area (Å²) in [4.78, 5) is 7.49. The van der Waals surface area contributed by atoms with Gasteiger partial charge in [0.15, 0.2) is 5.82 Å². The Hall–Kier alpha value is -2.39. The Bertz CT molecular complexity index is 665. The molecule has 0 atom stereocenters.